The van der Waals surface area contributed by atoms with E-state index >= 15 is 0 Å². The van der Waals surface area contributed by atoms with Crippen LogP contribution < -0.4 is 5.69 Å². The maximum absolute atomic E-state index is 12.7. The molecule has 0 radical (unpaired) electrons. The van der Waals surface area contributed by atoms with Crippen molar-refractivity contribution in [2.24, 2.45) is 0 Å². The lowest BCUT2D eigenvalue weighted by Crippen LogP contribution is -2.25. The Morgan fingerprint density at radius 1 is 1.10 bits per heavy atom. The van der Waals surface area contributed by atoms with Gasteiger partial charge in [-0.2, -0.15) is 4.68 Å². The number of rotatable bonds is 5. The summed E-state index contributed by atoms with van der Waals surface area (Å²) < 4.78 is 2.84. The Balaban J connectivity index is 1.94. The fraction of sp³-hybridized carbons (Fsp3) is 0.208. The Bertz CT molecular complexity index is 1240. The quantitative estimate of drug-likeness (QED) is 0.668. The van der Waals surface area contributed by atoms with Gasteiger partial charge in [-0.15, -0.1) is 11.0 Å². The summed E-state index contributed by atoms with van der Waals surface area (Å²) in [5, 5.41) is 13.7. The summed E-state index contributed by atoms with van der Waals surface area (Å²) in [6.07, 6.45) is 0.660. The van der Waals surface area contributed by atoms with Crippen molar-refractivity contribution < 1.29 is 9.90 Å². The number of carboxylic acid groups (broad SMARTS) is 1. The van der Waals surface area contributed by atoms with Crippen LogP contribution >= 0.6 is 0 Å². The molecule has 1 aromatic heterocycles. The molecular formula is C24H21N3O3. The molecule has 1 heterocycles. The minimum Gasteiger partial charge on any atom is -0.478 e. The number of aromatic nitrogens is 3. The smallest absolute Gasteiger partial charge is 0.347 e. The van der Waals surface area contributed by atoms with Gasteiger partial charge in [-0.3, -0.25) is 4.57 Å². The highest BCUT2D eigenvalue weighted by Gasteiger charge is 2.13. The fourth-order valence-corrected chi connectivity index (χ4v) is 2.99. The van der Waals surface area contributed by atoms with Crippen LogP contribution in [0.15, 0.2) is 53.3 Å². The molecule has 0 spiro atoms. The van der Waals surface area contributed by atoms with Crippen molar-refractivity contribution in [3.05, 3.63) is 76.0 Å². The highest BCUT2D eigenvalue weighted by molar-refractivity contribution is 5.95. The van der Waals surface area contributed by atoms with Gasteiger partial charge in [-0.05, 0) is 35.6 Å². The van der Waals surface area contributed by atoms with Crippen LogP contribution in [0.1, 0.15) is 42.0 Å². The Kier molecular flexibility index (Phi) is 6.52. The lowest BCUT2D eigenvalue weighted by atomic mass is 9.99. The van der Waals surface area contributed by atoms with Gasteiger partial charge >= 0.3 is 11.7 Å². The Hall–Kier alpha value is -4.03. The lowest BCUT2D eigenvalue weighted by Gasteiger charge is -2.08. The molecule has 3 aromatic rings. The van der Waals surface area contributed by atoms with Crippen molar-refractivity contribution in [2.45, 2.75) is 33.4 Å². The third-order valence-corrected chi connectivity index (χ3v) is 4.47. The van der Waals surface area contributed by atoms with E-state index in [2.05, 4.69) is 28.8 Å². The molecule has 0 unspecified atom stereocenters. The van der Waals surface area contributed by atoms with E-state index < -0.39 is 5.97 Å². The first-order chi connectivity index (χ1) is 14.5. The maximum Gasteiger partial charge on any atom is 0.347 e. The van der Waals surface area contributed by atoms with Crippen LogP contribution in [0.5, 0.6) is 0 Å². The molecule has 1 N–H and O–H groups in total. The van der Waals surface area contributed by atoms with Crippen molar-refractivity contribution in [3.8, 4) is 34.8 Å². The molecule has 0 saturated carbocycles. The number of hydrogen-bond acceptors (Lipinski definition) is 3. The van der Waals surface area contributed by atoms with Crippen LogP contribution in [-0.4, -0.2) is 25.4 Å². The molecule has 2 aromatic carbocycles. The third-order valence-electron chi connectivity index (χ3n) is 4.47. The summed E-state index contributed by atoms with van der Waals surface area (Å²) in [5.41, 5.74) is 2.31. The zero-order valence-corrected chi connectivity index (χ0v) is 16.8. The molecule has 0 aliphatic heterocycles. The van der Waals surface area contributed by atoms with Crippen molar-refractivity contribution in [2.75, 3.05) is 0 Å². The van der Waals surface area contributed by atoms with Crippen LogP contribution in [0.4, 0.5) is 0 Å². The maximum atomic E-state index is 12.7. The highest BCUT2D eigenvalue weighted by atomic mass is 16.4. The van der Waals surface area contributed by atoms with E-state index in [1.165, 1.54) is 9.25 Å². The van der Waals surface area contributed by atoms with Gasteiger partial charge in [0, 0.05) is 6.42 Å². The van der Waals surface area contributed by atoms with E-state index in [0.717, 1.165) is 11.1 Å². The van der Waals surface area contributed by atoms with E-state index in [1.807, 2.05) is 37.3 Å². The third kappa shape index (κ3) is 4.51. The van der Waals surface area contributed by atoms with Crippen molar-refractivity contribution >= 4 is 5.97 Å². The van der Waals surface area contributed by atoms with E-state index in [4.69, 9.17) is 0 Å². The number of carboxylic acids is 1. The molecule has 3 rings (SSSR count). The minimum absolute atomic E-state index is 0.216. The largest absolute Gasteiger partial charge is 0.478 e. The molecule has 0 aliphatic rings. The van der Waals surface area contributed by atoms with Gasteiger partial charge in [-0.1, -0.05) is 61.2 Å². The van der Waals surface area contributed by atoms with Gasteiger partial charge in [0.05, 0.1) is 12.1 Å². The second-order valence-corrected chi connectivity index (χ2v) is 6.48. The molecular weight excluding hydrogens is 378 g/mol. The van der Waals surface area contributed by atoms with Crippen molar-refractivity contribution in [1.29, 1.82) is 0 Å². The average Bonchev–Trinajstić information content (AvgIpc) is 3.05. The first-order valence-electron chi connectivity index (χ1n) is 9.53. The molecule has 0 amide bonds. The number of nitrogens with zero attached hydrogens (tertiary/aromatic N) is 3. The first-order valence-corrected chi connectivity index (χ1v) is 9.53. The molecule has 0 fully saturated rings. The van der Waals surface area contributed by atoms with Crippen LogP contribution in [0.3, 0.4) is 0 Å². The zero-order valence-electron chi connectivity index (χ0n) is 16.8. The van der Waals surface area contributed by atoms with Crippen LogP contribution in [0.2, 0.25) is 0 Å². The topological polar surface area (TPSA) is 77.1 Å². The fourth-order valence-electron chi connectivity index (χ4n) is 2.99. The van der Waals surface area contributed by atoms with Crippen LogP contribution in [0.25, 0.3) is 11.1 Å². The molecule has 6 nitrogen and oxygen atoms in total. The van der Waals surface area contributed by atoms with Crippen LogP contribution in [-0.2, 0) is 13.1 Å². The summed E-state index contributed by atoms with van der Waals surface area (Å²) in [5.74, 6) is 10.9. The normalized spacial score (nSPS) is 9.93. The first kappa shape index (κ1) is 20.7. The summed E-state index contributed by atoms with van der Waals surface area (Å²) in [6, 6.07) is 14.3. The molecule has 30 heavy (non-hydrogen) atoms. The molecule has 0 atom stereocenters. The number of carbonyl (C=O) groups is 1. The number of aromatic carboxylic acids is 1. The van der Waals surface area contributed by atoms with Gasteiger partial charge in [0.2, 0.25) is 5.82 Å². The van der Waals surface area contributed by atoms with Gasteiger partial charge in [-0.25, -0.2) is 9.59 Å². The van der Waals surface area contributed by atoms with E-state index in [9.17, 15) is 14.7 Å². The highest BCUT2D eigenvalue weighted by Crippen LogP contribution is 2.24. The second-order valence-electron chi connectivity index (χ2n) is 6.48. The van der Waals surface area contributed by atoms with Crippen molar-refractivity contribution in [3.63, 3.8) is 0 Å². The minimum atomic E-state index is -0.969. The lowest BCUT2D eigenvalue weighted by molar-refractivity contribution is 0.0697. The van der Waals surface area contributed by atoms with E-state index in [1.54, 1.807) is 25.1 Å². The second kappa shape index (κ2) is 9.45. The predicted molar refractivity (Wildman–Crippen MR) is 115 cm³/mol. The van der Waals surface area contributed by atoms with E-state index in [-0.39, 0.29) is 17.8 Å². The number of benzene rings is 2. The van der Waals surface area contributed by atoms with Crippen LogP contribution in [0, 0.1) is 23.7 Å². The molecule has 0 bridgehead atoms. The standard InChI is InChI=1S/C24H21N3O3/c1-3-5-11-22-25-27(16-6-4-2)24(30)26(22)17-18-12-14-19(15-13-18)20-9-7-8-10-21(20)23(28)29/h7-10,12-15H,3,16-17H2,1-2H3,(H,28,29). The summed E-state index contributed by atoms with van der Waals surface area (Å²) in [4.78, 5) is 24.2. The van der Waals surface area contributed by atoms with Gasteiger partial charge < -0.3 is 5.11 Å². The molecule has 0 aliphatic carbocycles. The monoisotopic (exact) mass is 399 g/mol. The zero-order chi connectivity index (χ0) is 21.5. The number of hydrogen-bond donors (Lipinski definition) is 1. The molecule has 0 saturated heterocycles. The SMILES string of the molecule is CC#CCn1nc(C#CCC)n(Cc2ccc(-c3ccccc3C(=O)O)cc2)c1=O. The molecule has 150 valence electrons. The Morgan fingerprint density at radius 2 is 1.83 bits per heavy atom. The Morgan fingerprint density at radius 3 is 2.50 bits per heavy atom. The Labute approximate surface area is 174 Å². The summed E-state index contributed by atoms with van der Waals surface area (Å²) in [6.45, 7) is 4.17. The average molecular weight is 399 g/mol. The van der Waals surface area contributed by atoms with Gasteiger partial charge in [0.15, 0.2) is 0 Å². The summed E-state index contributed by atoms with van der Waals surface area (Å²) in [7, 11) is 0. The van der Waals surface area contributed by atoms with Crippen molar-refractivity contribution in [1.82, 2.24) is 14.3 Å². The van der Waals surface area contributed by atoms with Gasteiger partial charge in [0.1, 0.15) is 6.54 Å². The molecule has 6 heteroatoms. The predicted octanol–water partition coefficient (Wildman–Crippen LogP) is 3.24. The summed E-state index contributed by atoms with van der Waals surface area (Å²) >= 11 is 0. The van der Waals surface area contributed by atoms with Gasteiger partial charge in [0.25, 0.3) is 0 Å². The van der Waals surface area contributed by atoms with E-state index in [0.29, 0.717) is 24.4 Å².